The van der Waals surface area contributed by atoms with Crippen molar-refractivity contribution in [2.75, 3.05) is 26.2 Å². The van der Waals surface area contributed by atoms with Crippen LogP contribution in [0.3, 0.4) is 0 Å². The van der Waals surface area contributed by atoms with Gasteiger partial charge in [0.2, 0.25) is 0 Å². The first-order chi connectivity index (χ1) is 13.5. The fourth-order valence-corrected chi connectivity index (χ4v) is 4.03. The number of hydrogen-bond donors (Lipinski definition) is 1. The summed E-state index contributed by atoms with van der Waals surface area (Å²) in [5.74, 6) is -0.872. The molecule has 0 aliphatic carbocycles. The minimum Gasteiger partial charge on any atom is -0.478 e. The number of carboxylic acid groups (broad SMARTS) is 1. The Labute approximate surface area is 168 Å². The molecule has 2 aromatic rings. The molecule has 0 bridgehead atoms. The normalized spacial score (nSPS) is 16.1. The Kier molecular flexibility index (Phi) is 6.20. The van der Waals surface area contributed by atoms with Crippen LogP contribution in [0.4, 0.5) is 0 Å². The van der Waals surface area contributed by atoms with Gasteiger partial charge in [-0.15, -0.1) is 0 Å². The van der Waals surface area contributed by atoms with Crippen LogP contribution in [0.1, 0.15) is 47.7 Å². The molecule has 3 rings (SSSR count). The molecule has 1 unspecified atom stereocenters. The Bertz CT molecular complexity index is 884. The van der Waals surface area contributed by atoms with Gasteiger partial charge in [-0.3, -0.25) is 0 Å². The Morgan fingerprint density at radius 2 is 1.79 bits per heavy atom. The summed E-state index contributed by atoms with van der Waals surface area (Å²) < 4.78 is 0. The number of aryl methyl sites for hydroxylation is 2. The van der Waals surface area contributed by atoms with Gasteiger partial charge in [-0.1, -0.05) is 61.9 Å². The van der Waals surface area contributed by atoms with E-state index in [4.69, 9.17) is 0 Å². The lowest BCUT2D eigenvalue weighted by Crippen LogP contribution is -2.37. The highest BCUT2D eigenvalue weighted by molar-refractivity contribution is 6.16. The van der Waals surface area contributed by atoms with E-state index in [0.29, 0.717) is 5.57 Å². The van der Waals surface area contributed by atoms with Crippen molar-refractivity contribution in [1.29, 1.82) is 0 Å². The van der Waals surface area contributed by atoms with E-state index >= 15 is 0 Å². The molecule has 0 fully saturated rings. The summed E-state index contributed by atoms with van der Waals surface area (Å²) in [4.78, 5) is 16.6. The van der Waals surface area contributed by atoms with Gasteiger partial charge < -0.3 is 14.9 Å². The Hall–Kier alpha value is -2.59. The molecule has 0 saturated carbocycles. The van der Waals surface area contributed by atoms with Gasteiger partial charge >= 0.3 is 5.97 Å². The number of benzene rings is 2. The molecule has 0 radical (unpaired) electrons. The average Bonchev–Trinajstić information content (AvgIpc) is 2.68. The van der Waals surface area contributed by atoms with Gasteiger partial charge in [-0.25, -0.2) is 4.79 Å². The molecule has 0 saturated heterocycles. The van der Waals surface area contributed by atoms with Crippen LogP contribution in [0.25, 0.3) is 5.57 Å². The first-order valence-electron chi connectivity index (χ1n) is 10.1. The molecule has 1 aliphatic heterocycles. The third-order valence-corrected chi connectivity index (χ3v) is 5.70. The van der Waals surface area contributed by atoms with Gasteiger partial charge in [0.15, 0.2) is 0 Å². The van der Waals surface area contributed by atoms with Crippen LogP contribution in [0.15, 0.2) is 48.7 Å². The van der Waals surface area contributed by atoms with Gasteiger partial charge in [0.1, 0.15) is 0 Å². The van der Waals surface area contributed by atoms with E-state index in [1.165, 1.54) is 11.1 Å². The standard InChI is InChI=1S/C24H30N2O2/c1-5-25(6-2)13-14-26-16-22(24(27)28)21-15-17(3)11-12-20(21)23(26)19-10-8-7-9-18(19)4/h7-12,15-16,23H,5-6,13-14H2,1-4H3,(H,27,28). The van der Waals surface area contributed by atoms with E-state index in [2.05, 4.69) is 67.0 Å². The second kappa shape index (κ2) is 8.61. The fourth-order valence-electron chi connectivity index (χ4n) is 4.03. The molecule has 0 amide bonds. The van der Waals surface area contributed by atoms with E-state index in [-0.39, 0.29) is 6.04 Å². The second-order valence-electron chi connectivity index (χ2n) is 7.46. The zero-order valence-electron chi connectivity index (χ0n) is 17.3. The zero-order chi connectivity index (χ0) is 20.3. The maximum absolute atomic E-state index is 12.0. The Balaban J connectivity index is 2.11. The first-order valence-corrected chi connectivity index (χ1v) is 10.1. The van der Waals surface area contributed by atoms with Crippen molar-refractivity contribution in [3.63, 3.8) is 0 Å². The van der Waals surface area contributed by atoms with Crippen molar-refractivity contribution >= 4 is 11.5 Å². The summed E-state index contributed by atoms with van der Waals surface area (Å²) in [6, 6.07) is 14.6. The van der Waals surface area contributed by atoms with Crippen LogP contribution in [0.2, 0.25) is 0 Å². The summed E-state index contributed by atoms with van der Waals surface area (Å²) in [6.07, 6.45) is 1.85. The number of carboxylic acids is 1. The van der Waals surface area contributed by atoms with Crippen molar-refractivity contribution in [2.24, 2.45) is 0 Å². The highest BCUT2D eigenvalue weighted by atomic mass is 16.4. The van der Waals surface area contributed by atoms with Crippen molar-refractivity contribution in [3.8, 4) is 0 Å². The first kappa shape index (κ1) is 20.2. The number of rotatable bonds is 7. The SMILES string of the molecule is CCN(CC)CCN1C=C(C(=O)O)c2cc(C)ccc2C1c1ccccc1C. The van der Waals surface area contributed by atoms with Crippen LogP contribution in [0.5, 0.6) is 0 Å². The Morgan fingerprint density at radius 1 is 1.07 bits per heavy atom. The van der Waals surface area contributed by atoms with Crippen LogP contribution in [-0.4, -0.2) is 47.1 Å². The summed E-state index contributed by atoms with van der Waals surface area (Å²) in [7, 11) is 0. The number of nitrogens with zero attached hydrogens (tertiary/aromatic N) is 2. The summed E-state index contributed by atoms with van der Waals surface area (Å²) in [6.45, 7) is 12.1. The number of hydrogen-bond acceptors (Lipinski definition) is 3. The molecule has 28 heavy (non-hydrogen) atoms. The summed E-state index contributed by atoms with van der Waals surface area (Å²) in [5, 5.41) is 9.87. The predicted molar refractivity (Wildman–Crippen MR) is 114 cm³/mol. The average molecular weight is 379 g/mol. The van der Waals surface area contributed by atoms with Crippen molar-refractivity contribution in [2.45, 2.75) is 33.7 Å². The smallest absolute Gasteiger partial charge is 0.337 e. The number of aliphatic carboxylic acids is 1. The fraction of sp³-hybridized carbons (Fsp3) is 0.375. The molecule has 0 spiro atoms. The maximum atomic E-state index is 12.0. The molecule has 1 aliphatic rings. The largest absolute Gasteiger partial charge is 0.478 e. The minimum absolute atomic E-state index is 0.0236. The van der Waals surface area contributed by atoms with E-state index in [1.54, 1.807) is 0 Å². The van der Waals surface area contributed by atoms with Gasteiger partial charge in [-0.2, -0.15) is 0 Å². The molecular formula is C24H30N2O2. The van der Waals surface area contributed by atoms with Crippen LogP contribution < -0.4 is 0 Å². The number of fused-ring (bicyclic) bond motifs is 1. The van der Waals surface area contributed by atoms with Crippen molar-refractivity contribution in [1.82, 2.24) is 9.80 Å². The van der Waals surface area contributed by atoms with Gasteiger partial charge in [0.05, 0.1) is 11.6 Å². The quantitative estimate of drug-likeness (QED) is 0.772. The van der Waals surface area contributed by atoms with E-state index in [9.17, 15) is 9.90 Å². The molecule has 0 aromatic heterocycles. The third kappa shape index (κ3) is 3.97. The second-order valence-corrected chi connectivity index (χ2v) is 7.46. The van der Waals surface area contributed by atoms with Crippen molar-refractivity contribution in [3.05, 3.63) is 76.5 Å². The monoisotopic (exact) mass is 378 g/mol. The lowest BCUT2D eigenvalue weighted by atomic mass is 9.85. The number of carbonyl (C=O) groups is 1. The van der Waals surface area contributed by atoms with Crippen LogP contribution in [0, 0.1) is 13.8 Å². The molecular weight excluding hydrogens is 348 g/mol. The van der Waals surface area contributed by atoms with Gasteiger partial charge in [0, 0.05) is 19.3 Å². The lowest BCUT2D eigenvalue weighted by Gasteiger charge is -2.38. The zero-order valence-corrected chi connectivity index (χ0v) is 17.3. The minimum atomic E-state index is -0.872. The maximum Gasteiger partial charge on any atom is 0.337 e. The Morgan fingerprint density at radius 3 is 2.43 bits per heavy atom. The molecule has 4 nitrogen and oxygen atoms in total. The van der Waals surface area contributed by atoms with Crippen LogP contribution >= 0.6 is 0 Å². The summed E-state index contributed by atoms with van der Waals surface area (Å²) >= 11 is 0. The van der Waals surface area contributed by atoms with E-state index in [1.807, 2.05) is 19.2 Å². The van der Waals surface area contributed by atoms with Crippen LogP contribution in [-0.2, 0) is 4.79 Å². The van der Waals surface area contributed by atoms with Gasteiger partial charge in [-0.05, 0) is 49.2 Å². The molecule has 2 aromatic carbocycles. The number of likely N-dealkylation sites (N-methyl/N-ethyl adjacent to an activating group) is 1. The predicted octanol–water partition coefficient (Wildman–Crippen LogP) is 4.48. The third-order valence-electron chi connectivity index (χ3n) is 5.70. The van der Waals surface area contributed by atoms with Crippen molar-refractivity contribution < 1.29 is 9.90 Å². The van der Waals surface area contributed by atoms with E-state index < -0.39 is 5.97 Å². The van der Waals surface area contributed by atoms with E-state index in [0.717, 1.165) is 42.9 Å². The molecule has 1 atom stereocenters. The highest BCUT2D eigenvalue weighted by Crippen LogP contribution is 2.40. The molecule has 148 valence electrons. The molecule has 1 N–H and O–H groups in total. The molecule has 4 heteroatoms. The lowest BCUT2D eigenvalue weighted by molar-refractivity contribution is -0.130. The van der Waals surface area contributed by atoms with Gasteiger partial charge in [0.25, 0.3) is 0 Å². The molecule has 1 heterocycles. The highest BCUT2D eigenvalue weighted by Gasteiger charge is 2.31. The topological polar surface area (TPSA) is 43.8 Å². The summed E-state index contributed by atoms with van der Waals surface area (Å²) in [5.41, 5.74) is 5.81.